The number of imide groups is 1. The molecule has 23 heavy (non-hydrogen) atoms. The van der Waals surface area contributed by atoms with Gasteiger partial charge in [0.25, 0.3) is 5.91 Å². The van der Waals surface area contributed by atoms with Crippen molar-refractivity contribution in [3.05, 3.63) is 35.9 Å². The van der Waals surface area contributed by atoms with Crippen molar-refractivity contribution < 1.29 is 19.1 Å². The van der Waals surface area contributed by atoms with Gasteiger partial charge in [0, 0.05) is 32.6 Å². The standard InChI is InChI=1S/C16H19N3O4/c20-13(17-10-12-4-2-1-3-5-12)11-19-14(21)16(18-15(19)22)6-8-23-9-7-16/h1-5H,6-11H2,(H,17,20)(H,18,22). The molecule has 1 aromatic carbocycles. The van der Waals surface area contributed by atoms with E-state index in [2.05, 4.69) is 10.6 Å². The molecule has 1 aromatic rings. The van der Waals surface area contributed by atoms with Gasteiger partial charge < -0.3 is 15.4 Å². The van der Waals surface area contributed by atoms with Crippen LogP contribution in [0, 0.1) is 0 Å². The first-order chi connectivity index (χ1) is 11.1. The van der Waals surface area contributed by atoms with Crippen LogP contribution in [0.15, 0.2) is 30.3 Å². The molecular weight excluding hydrogens is 298 g/mol. The van der Waals surface area contributed by atoms with Gasteiger partial charge >= 0.3 is 6.03 Å². The third-order valence-corrected chi connectivity index (χ3v) is 4.23. The predicted molar refractivity (Wildman–Crippen MR) is 81.3 cm³/mol. The van der Waals surface area contributed by atoms with Crippen molar-refractivity contribution in [2.24, 2.45) is 0 Å². The van der Waals surface area contributed by atoms with Gasteiger partial charge in [-0.1, -0.05) is 30.3 Å². The molecule has 2 aliphatic heterocycles. The minimum atomic E-state index is -0.894. The number of carbonyl (C=O) groups excluding carboxylic acids is 3. The van der Waals surface area contributed by atoms with Crippen molar-refractivity contribution in [2.75, 3.05) is 19.8 Å². The second-order valence-electron chi connectivity index (χ2n) is 5.78. The summed E-state index contributed by atoms with van der Waals surface area (Å²) in [5.74, 6) is -0.692. The van der Waals surface area contributed by atoms with E-state index in [9.17, 15) is 14.4 Å². The molecule has 2 saturated heterocycles. The van der Waals surface area contributed by atoms with Crippen molar-refractivity contribution in [1.82, 2.24) is 15.5 Å². The summed E-state index contributed by atoms with van der Waals surface area (Å²) in [4.78, 5) is 37.6. The molecule has 7 nitrogen and oxygen atoms in total. The zero-order chi connectivity index (χ0) is 16.3. The highest BCUT2D eigenvalue weighted by Gasteiger charge is 2.52. The third kappa shape index (κ3) is 3.19. The monoisotopic (exact) mass is 317 g/mol. The van der Waals surface area contributed by atoms with Gasteiger partial charge in [0.2, 0.25) is 5.91 Å². The summed E-state index contributed by atoms with van der Waals surface area (Å²) in [6.45, 7) is 0.961. The molecule has 0 atom stereocenters. The number of urea groups is 1. The van der Waals surface area contributed by atoms with Crippen LogP contribution in [-0.2, 0) is 20.9 Å². The van der Waals surface area contributed by atoms with E-state index in [1.54, 1.807) is 0 Å². The number of hydrogen-bond acceptors (Lipinski definition) is 4. The second kappa shape index (κ2) is 6.37. The van der Waals surface area contributed by atoms with E-state index in [-0.39, 0.29) is 18.4 Å². The van der Waals surface area contributed by atoms with E-state index in [0.29, 0.717) is 32.6 Å². The summed E-state index contributed by atoms with van der Waals surface area (Å²) in [5, 5.41) is 5.45. The van der Waals surface area contributed by atoms with Crippen LogP contribution in [0.4, 0.5) is 4.79 Å². The number of nitrogens with one attached hydrogen (secondary N) is 2. The maximum Gasteiger partial charge on any atom is 0.325 e. The molecule has 0 bridgehead atoms. The van der Waals surface area contributed by atoms with Crippen molar-refractivity contribution in [3.63, 3.8) is 0 Å². The van der Waals surface area contributed by atoms with Crippen LogP contribution in [0.3, 0.4) is 0 Å². The fourth-order valence-corrected chi connectivity index (χ4v) is 2.87. The molecule has 4 amide bonds. The molecule has 0 saturated carbocycles. The minimum absolute atomic E-state index is 0.264. The molecule has 0 unspecified atom stereocenters. The molecule has 122 valence electrons. The van der Waals surface area contributed by atoms with Crippen molar-refractivity contribution in [2.45, 2.75) is 24.9 Å². The molecule has 7 heteroatoms. The molecule has 0 aromatic heterocycles. The highest BCUT2D eigenvalue weighted by molar-refractivity contribution is 6.09. The molecule has 2 heterocycles. The molecule has 1 spiro atoms. The molecule has 3 rings (SSSR count). The topological polar surface area (TPSA) is 87.7 Å². The number of benzene rings is 1. The first-order valence-electron chi connectivity index (χ1n) is 7.63. The summed E-state index contributed by atoms with van der Waals surface area (Å²) < 4.78 is 5.24. The highest BCUT2D eigenvalue weighted by Crippen LogP contribution is 2.28. The summed E-state index contributed by atoms with van der Waals surface area (Å²) in [5.41, 5.74) is 0.0636. The molecule has 0 radical (unpaired) electrons. The number of amides is 4. The number of ether oxygens (including phenoxy) is 1. The Bertz CT molecular complexity index is 611. The van der Waals surface area contributed by atoms with Gasteiger partial charge in [-0.3, -0.25) is 14.5 Å². The minimum Gasteiger partial charge on any atom is -0.381 e. The molecule has 0 aliphatic carbocycles. The van der Waals surface area contributed by atoms with Crippen LogP contribution in [0.1, 0.15) is 18.4 Å². The van der Waals surface area contributed by atoms with Crippen molar-refractivity contribution in [3.8, 4) is 0 Å². The normalized spacial score (nSPS) is 19.7. The number of nitrogens with zero attached hydrogens (tertiary/aromatic N) is 1. The van der Waals surface area contributed by atoms with Gasteiger partial charge in [0.1, 0.15) is 12.1 Å². The summed E-state index contributed by atoms with van der Waals surface area (Å²) in [7, 11) is 0. The van der Waals surface area contributed by atoms with Gasteiger partial charge in [0.05, 0.1) is 0 Å². The van der Waals surface area contributed by atoms with E-state index >= 15 is 0 Å². The Labute approximate surface area is 134 Å². The molecule has 2 aliphatic rings. The Morgan fingerprint density at radius 3 is 2.61 bits per heavy atom. The van der Waals surface area contributed by atoms with E-state index in [1.165, 1.54) is 0 Å². The van der Waals surface area contributed by atoms with Gasteiger partial charge in [-0.25, -0.2) is 4.79 Å². The van der Waals surface area contributed by atoms with Crippen LogP contribution in [-0.4, -0.2) is 48.0 Å². The Morgan fingerprint density at radius 1 is 1.22 bits per heavy atom. The summed E-state index contributed by atoms with van der Waals surface area (Å²) in [6.07, 6.45) is 0.888. The van der Waals surface area contributed by atoms with Crippen LogP contribution in [0.5, 0.6) is 0 Å². The summed E-state index contributed by atoms with van der Waals surface area (Å²) in [6, 6.07) is 8.94. The van der Waals surface area contributed by atoms with E-state index in [0.717, 1.165) is 10.5 Å². The van der Waals surface area contributed by atoms with Crippen LogP contribution < -0.4 is 10.6 Å². The van der Waals surface area contributed by atoms with Gasteiger partial charge in [0.15, 0.2) is 0 Å². The van der Waals surface area contributed by atoms with Gasteiger partial charge in [-0.05, 0) is 5.56 Å². The van der Waals surface area contributed by atoms with Crippen molar-refractivity contribution >= 4 is 17.8 Å². The Hall–Kier alpha value is -2.41. The maximum atomic E-state index is 12.5. The number of rotatable bonds is 4. The molecule has 2 fully saturated rings. The van der Waals surface area contributed by atoms with E-state index in [4.69, 9.17) is 4.74 Å². The predicted octanol–water partition coefficient (Wildman–Crippen LogP) is 0.404. The molecular formula is C16H19N3O4. The second-order valence-corrected chi connectivity index (χ2v) is 5.78. The first kappa shape index (κ1) is 15.5. The quantitative estimate of drug-likeness (QED) is 0.787. The zero-order valence-corrected chi connectivity index (χ0v) is 12.7. The lowest BCUT2D eigenvalue weighted by Crippen LogP contribution is -2.51. The fourth-order valence-electron chi connectivity index (χ4n) is 2.87. The maximum absolute atomic E-state index is 12.5. The van der Waals surface area contributed by atoms with Crippen LogP contribution in [0.2, 0.25) is 0 Å². The SMILES string of the molecule is O=C(CN1C(=O)NC2(CCOCC2)C1=O)NCc1ccccc1. The summed E-state index contributed by atoms with van der Waals surface area (Å²) >= 11 is 0. The van der Waals surface area contributed by atoms with Gasteiger partial charge in [-0.2, -0.15) is 0 Å². The average Bonchev–Trinajstić information content (AvgIpc) is 2.79. The number of carbonyl (C=O) groups is 3. The Kier molecular flexibility index (Phi) is 4.29. The van der Waals surface area contributed by atoms with E-state index in [1.807, 2.05) is 30.3 Å². The highest BCUT2D eigenvalue weighted by atomic mass is 16.5. The lowest BCUT2D eigenvalue weighted by atomic mass is 9.90. The lowest BCUT2D eigenvalue weighted by Gasteiger charge is -2.30. The third-order valence-electron chi connectivity index (χ3n) is 4.23. The zero-order valence-electron chi connectivity index (χ0n) is 12.7. The average molecular weight is 317 g/mol. The van der Waals surface area contributed by atoms with Crippen molar-refractivity contribution in [1.29, 1.82) is 0 Å². The smallest absolute Gasteiger partial charge is 0.325 e. The largest absolute Gasteiger partial charge is 0.381 e. The van der Waals surface area contributed by atoms with Crippen LogP contribution >= 0.6 is 0 Å². The molecule has 2 N–H and O–H groups in total. The van der Waals surface area contributed by atoms with E-state index < -0.39 is 11.6 Å². The Balaban J connectivity index is 1.58. The van der Waals surface area contributed by atoms with Gasteiger partial charge in [-0.15, -0.1) is 0 Å². The lowest BCUT2D eigenvalue weighted by molar-refractivity contribution is -0.137. The fraction of sp³-hybridized carbons (Fsp3) is 0.438. The first-order valence-corrected chi connectivity index (χ1v) is 7.63. The number of hydrogen-bond donors (Lipinski definition) is 2. The van der Waals surface area contributed by atoms with Crippen LogP contribution in [0.25, 0.3) is 0 Å². The Morgan fingerprint density at radius 2 is 1.91 bits per heavy atom.